The highest BCUT2D eigenvalue weighted by molar-refractivity contribution is 7.47. The second-order valence-corrected chi connectivity index (χ2v) is 18.2. The van der Waals surface area contributed by atoms with Crippen LogP contribution in [-0.4, -0.2) is 73.4 Å². The summed E-state index contributed by atoms with van der Waals surface area (Å²) in [4.78, 5) is 23.1. The Balaban J connectivity index is 4.41. The maximum atomic E-state index is 12.9. The van der Waals surface area contributed by atoms with Gasteiger partial charge in [0, 0.05) is 6.42 Å². The quantitative estimate of drug-likeness (QED) is 0.0246. The van der Waals surface area contributed by atoms with Gasteiger partial charge in [-0.3, -0.25) is 13.8 Å². The van der Waals surface area contributed by atoms with Gasteiger partial charge in [0.05, 0.1) is 39.9 Å². The van der Waals surface area contributed by atoms with Crippen molar-refractivity contribution in [2.75, 3.05) is 40.9 Å². The molecule has 8 nitrogen and oxygen atoms in total. The van der Waals surface area contributed by atoms with Crippen molar-refractivity contribution in [3.63, 3.8) is 0 Å². The zero-order valence-electron chi connectivity index (χ0n) is 36.7. The molecule has 0 rings (SSSR count). The van der Waals surface area contributed by atoms with Gasteiger partial charge in [-0.1, -0.05) is 185 Å². The number of rotatable bonds is 41. The molecule has 0 aromatic heterocycles. The summed E-state index contributed by atoms with van der Waals surface area (Å²) in [5, 5.41) is 13.8. The van der Waals surface area contributed by atoms with Crippen LogP contribution in [0.25, 0.3) is 0 Å². The molecule has 0 aliphatic carbocycles. The van der Waals surface area contributed by atoms with E-state index in [9.17, 15) is 19.4 Å². The number of carbonyl (C=O) groups is 1. The molecule has 55 heavy (non-hydrogen) atoms. The molecule has 0 heterocycles. The molecule has 0 saturated heterocycles. The van der Waals surface area contributed by atoms with Gasteiger partial charge in [-0.2, -0.15) is 0 Å². The van der Waals surface area contributed by atoms with Crippen molar-refractivity contribution in [3.8, 4) is 0 Å². The van der Waals surface area contributed by atoms with Crippen LogP contribution in [0.4, 0.5) is 0 Å². The van der Waals surface area contributed by atoms with Gasteiger partial charge in [0.15, 0.2) is 0 Å². The summed E-state index contributed by atoms with van der Waals surface area (Å²) in [7, 11) is 1.55. The number of phosphoric acid groups is 1. The third-order valence-corrected chi connectivity index (χ3v) is 11.1. The van der Waals surface area contributed by atoms with E-state index in [2.05, 4.69) is 43.5 Å². The number of carbonyl (C=O) groups excluding carboxylic acids is 1. The monoisotopic (exact) mass is 798 g/mol. The van der Waals surface area contributed by atoms with Crippen molar-refractivity contribution in [3.05, 3.63) is 36.5 Å². The Bertz CT molecular complexity index is 995. The number of phosphoric ester groups is 1. The summed E-state index contributed by atoms with van der Waals surface area (Å²) < 4.78 is 23.5. The van der Waals surface area contributed by atoms with Gasteiger partial charge in [-0.15, -0.1) is 0 Å². The fourth-order valence-electron chi connectivity index (χ4n) is 6.43. The van der Waals surface area contributed by atoms with Crippen LogP contribution in [0.3, 0.4) is 0 Å². The highest BCUT2D eigenvalue weighted by Gasteiger charge is 2.27. The number of hydrogen-bond donors (Lipinski definition) is 3. The summed E-state index contributed by atoms with van der Waals surface area (Å²) in [6.45, 7) is 4.77. The number of unbranched alkanes of at least 4 members (excludes halogenated alkanes) is 24. The molecule has 3 N–H and O–H groups in total. The van der Waals surface area contributed by atoms with Crippen molar-refractivity contribution in [1.29, 1.82) is 0 Å². The number of nitrogens with one attached hydrogen (secondary N) is 1. The number of likely N-dealkylation sites (N-methyl/N-ethyl adjacent to an activating group) is 1. The summed E-state index contributed by atoms with van der Waals surface area (Å²) in [5.41, 5.74) is 0. The first-order chi connectivity index (χ1) is 26.5. The summed E-state index contributed by atoms with van der Waals surface area (Å²) in [6.07, 6.45) is 46.4. The first-order valence-corrected chi connectivity index (χ1v) is 24.4. The number of nitrogens with zero attached hydrogens (tertiary/aromatic N) is 1. The predicted octanol–water partition coefficient (Wildman–Crippen LogP) is 12.7. The second kappa shape index (κ2) is 38.2. The first-order valence-electron chi connectivity index (χ1n) is 22.9. The van der Waals surface area contributed by atoms with E-state index in [1.54, 1.807) is 6.08 Å². The van der Waals surface area contributed by atoms with Crippen molar-refractivity contribution in [2.45, 2.75) is 212 Å². The molecular weight excluding hydrogens is 707 g/mol. The number of quaternary nitrogens is 1. The van der Waals surface area contributed by atoms with E-state index in [-0.39, 0.29) is 19.1 Å². The fraction of sp³-hybridized carbons (Fsp3) is 0.848. The van der Waals surface area contributed by atoms with Gasteiger partial charge >= 0.3 is 7.82 Å². The normalized spacial score (nSPS) is 14.7. The topological polar surface area (TPSA) is 105 Å². The Kier molecular flexibility index (Phi) is 37.4. The molecule has 0 aliphatic rings. The molecule has 324 valence electrons. The molecule has 0 aromatic rings. The number of aliphatic hydroxyl groups is 1. The van der Waals surface area contributed by atoms with Gasteiger partial charge in [0.25, 0.3) is 0 Å². The van der Waals surface area contributed by atoms with Gasteiger partial charge in [-0.05, 0) is 44.9 Å². The second-order valence-electron chi connectivity index (χ2n) is 16.8. The van der Waals surface area contributed by atoms with E-state index in [1.165, 1.54) is 135 Å². The summed E-state index contributed by atoms with van der Waals surface area (Å²) >= 11 is 0. The Morgan fingerprint density at radius 1 is 0.600 bits per heavy atom. The molecule has 0 radical (unpaired) electrons. The molecule has 0 fully saturated rings. The third kappa shape index (κ3) is 40.7. The molecule has 0 spiro atoms. The maximum absolute atomic E-state index is 12.9. The van der Waals surface area contributed by atoms with Crippen LogP contribution in [0.15, 0.2) is 36.5 Å². The van der Waals surface area contributed by atoms with Crippen LogP contribution >= 0.6 is 7.82 Å². The largest absolute Gasteiger partial charge is 0.472 e. The van der Waals surface area contributed by atoms with Crippen molar-refractivity contribution >= 4 is 13.7 Å². The van der Waals surface area contributed by atoms with E-state index in [4.69, 9.17) is 9.05 Å². The molecule has 3 unspecified atom stereocenters. The third-order valence-electron chi connectivity index (χ3n) is 10.1. The maximum Gasteiger partial charge on any atom is 0.472 e. The number of amides is 1. The highest BCUT2D eigenvalue weighted by Crippen LogP contribution is 2.43. The zero-order valence-corrected chi connectivity index (χ0v) is 37.6. The molecular formula is C46H90N2O6P+. The fourth-order valence-corrected chi connectivity index (χ4v) is 7.16. The van der Waals surface area contributed by atoms with Crippen molar-refractivity contribution in [2.24, 2.45) is 0 Å². The van der Waals surface area contributed by atoms with E-state index in [0.29, 0.717) is 17.4 Å². The van der Waals surface area contributed by atoms with Crippen LogP contribution in [0.1, 0.15) is 200 Å². The lowest BCUT2D eigenvalue weighted by Crippen LogP contribution is -2.45. The average molecular weight is 798 g/mol. The van der Waals surface area contributed by atoms with Gasteiger partial charge in [-0.25, -0.2) is 4.57 Å². The molecule has 0 saturated carbocycles. The highest BCUT2D eigenvalue weighted by atomic mass is 31.2. The van der Waals surface area contributed by atoms with E-state index >= 15 is 0 Å². The standard InChI is InChI=1S/C46H89N2O6P/c1-6-8-10-12-14-16-18-20-22-23-24-25-26-28-30-32-34-36-38-40-46(50)47-44(43-54-55(51,52)53-42-41-48(3,4)5)45(49)39-37-35-33-31-29-27-21-19-17-15-13-11-9-7-2/h17,19,29,31,37,39,44-45,49H,6-16,18,20-28,30,32-36,38,40-43H2,1-5H3,(H-,47,50,51,52)/p+1/b19-17+,31-29+,39-37+. The molecule has 0 aromatic carbocycles. The van der Waals surface area contributed by atoms with Crippen LogP contribution in [0, 0.1) is 0 Å². The Morgan fingerprint density at radius 2 is 1.00 bits per heavy atom. The lowest BCUT2D eigenvalue weighted by molar-refractivity contribution is -0.870. The zero-order chi connectivity index (χ0) is 40.7. The van der Waals surface area contributed by atoms with E-state index in [1.807, 2.05) is 27.2 Å². The summed E-state index contributed by atoms with van der Waals surface area (Å²) in [5.74, 6) is -0.190. The SMILES string of the molecule is CCCCCC/C=C/CC/C=C/CC/C=C/C(O)C(COP(=O)(O)OCC[N+](C)(C)C)NC(=O)CCCCCCCCCCCCCCCCCCCCC. The Hall–Kier alpha value is -1.28. The van der Waals surface area contributed by atoms with Crippen LogP contribution in [-0.2, 0) is 18.4 Å². The number of aliphatic hydroxyl groups excluding tert-OH is 1. The predicted molar refractivity (Wildman–Crippen MR) is 235 cm³/mol. The first kappa shape index (κ1) is 53.7. The van der Waals surface area contributed by atoms with E-state index < -0.39 is 20.0 Å². The van der Waals surface area contributed by atoms with Crippen molar-refractivity contribution in [1.82, 2.24) is 5.32 Å². The molecule has 0 aliphatic heterocycles. The van der Waals surface area contributed by atoms with Crippen LogP contribution < -0.4 is 5.32 Å². The Labute approximate surface area is 340 Å². The minimum atomic E-state index is -4.35. The minimum Gasteiger partial charge on any atom is -0.387 e. The average Bonchev–Trinajstić information content (AvgIpc) is 3.13. The molecule has 3 atom stereocenters. The van der Waals surface area contributed by atoms with Gasteiger partial charge < -0.3 is 19.8 Å². The lowest BCUT2D eigenvalue weighted by Gasteiger charge is -2.25. The molecule has 1 amide bonds. The smallest absolute Gasteiger partial charge is 0.387 e. The lowest BCUT2D eigenvalue weighted by atomic mass is 10.0. The van der Waals surface area contributed by atoms with Crippen molar-refractivity contribution < 1.29 is 32.9 Å². The number of hydrogen-bond acceptors (Lipinski definition) is 5. The minimum absolute atomic E-state index is 0.0546. The van der Waals surface area contributed by atoms with Crippen LogP contribution in [0.5, 0.6) is 0 Å². The van der Waals surface area contributed by atoms with E-state index in [0.717, 1.165) is 44.9 Å². The molecule has 0 bridgehead atoms. The Morgan fingerprint density at radius 3 is 1.45 bits per heavy atom. The van der Waals surface area contributed by atoms with Crippen LogP contribution in [0.2, 0.25) is 0 Å². The van der Waals surface area contributed by atoms with Gasteiger partial charge in [0.1, 0.15) is 13.2 Å². The number of allylic oxidation sites excluding steroid dienone is 5. The summed E-state index contributed by atoms with van der Waals surface area (Å²) in [6, 6.07) is -0.865. The molecule has 9 heteroatoms. The van der Waals surface area contributed by atoms with Gasteiger partial charge in [0.2, 0.25) is 5.91 Å².